The van der Waals surface area contributed by atoms with Crippen LogP contribution in [0.3, 0.4) is 0 Å². The van der Waals surface area contributed by atoms with Gasteiger partial charge in [-0.1, -0.05) is 36.4 Å². The first-order chi connectivity index (χ1) is 11.5. The Bertz CT molecular complexity index is 970. The van der Waals surface area contributed by atoms with Gasteiger partial charge in [0.25, 0.3) is 10.0 Å². The number of esters is 1. The highest BCUT2D eigenvalue weighted by atomic mass is 79.9. The third-order valence-electron chi connectivity index (χ3n) is 3.11. The van der Waals surface area contributed by atoms with Gasteiger partial charge in [0.05, 0.1) is 15.6 Å². The molecule has 0 bridgehead atoms. The highest BCUT2D eigenvalue weighted by Crippen LogP contribution is 2.23. The van der Waals surface area contributed by atoms with Crippen LogP contribution in [0.15, 0.2) is 76.2 Å². The molecule has 0 aliphatic heterocycles. The number of aromatic nitrogens is 2. The van der Waals surface area contributed by atoms with E-state index in [9.17, 15) is 13.2 Å². The lowest BCUT2D eigenvalue weighted by molar-refractivity contribution is 0.0725. The molecule has 0 saturated carbocycles. The Kier molecular flexibility index (Phi) is 4.50. The molecule has 0 atom stereocenters. The lowest BCUT2D eigenvalue weighted by atomic mass is 10.3. The van der Waals surface area contributed by atoms with E-state index < -0.39 is 16.0 Å². The minimum Gasteiger partial charge on any atom is -0.422 e. The molecule has 0 N–H and O–H groups in total. The van der Waals surface area contributed by atoms with Crippen molar-refractivity contribution in [3.05, 3.63) is 77.0 Å². The Hall–Kier alpha value is -2.45. The number of hydrogen-bond donors (Lipinski definition) is 0. The number of rotatable bonds is 4. The molecular formula is C16H11BrN2O4S. The van der Waals surface area contributed by atoms with Gasteiger partial charge in [-0.2, -0.15) is 13.5 Å². The number of nitrogens with zero attached hydrogens (tertiary/aromatic N) is 2. The van der Waals surface area contributed by atoms with Crippen molar-refractivity contribution in [2.45, 2.75) is 4.90 Å². The van der Waals surface area contributed by atoms with Gasteiger partial charge in [-0.3, -0.25) is 0 Å². The number of benzene rings is 2. The molecule has 3 aromatic rings. The zero-order valence-electron chi connectivity index (χ0n) is 12.2. The van der Waals surface area contributed by atoms with E-state index in [1.165, 1.54) is 18.3 Å². The van der Waals surface area contributed by atoms with Gasteiger partial charge < -0.3 is 4.74 Å². The Morgan fingerprint density at radius 1 is 1.00 bits per heavy atom. The summed E-state index contributed by atoms with van der Waals surface area (Å²) in [5, 5.41) is 3.81. The van der Waals surface area contributed by atoms with Crippen LogP contribution in [-0.4, -0.2) is 23.6 Å². The summed E-state index contributed by atoms with van der Waals surface area (Å²) < 4.78 is 31.5. The summed E-state index contributed by atoms with van der Waals surface area (Å²) in [6.07, 6.45) is 1.24. The predicted octanol–water partition coefficient (Wildman–Crippen LogP) is 3.10. The summed E-state index contributed by atoms with van der Waals surface area (Å²) >= 11 is 3.15. The standard InChI is InChI=1S/C16H11BrN2O4S/c17-14-11-18-19(24(21,22)13-9-5-2-6-10-13)15(14)16(20)23-12-7-3-1-4-8-12/h1-11H. The second kappa shape index (κ2) is 6.58. The molecule has 6 nitrogen and oxygen atoms in total. The van der Waals surface area contributed by atoms with E-state index in [0.717, 1.165) is 0 Å². The third-order valence-corrected chi connectivity index (χ3v) is 5.29. The van der Waals surface area contributed by atoms with E-state index in [-0.39, 0.29) is 15.1 Å². The number of ether oxygens (including phenoxy) is 1. The zero-order valence-corrected chi connectivity index (χ0v) is 14.6. The molecule has 0 amide bonds. The van der Waals surface area contributed by atoms with Crippen LogP contribution >= 0.6 is 15.9 Å². The molecule has 0 fully saturated rings. The van der Waals surface area contributed by atoms with Gasteiger partial charge in [-0.05, 0) is 40.2 Å². The SMILES string of the molecule is O=C(Oc1ccccc1)c1c(Br)cnn1S(=O)(=O)c1ccccc1. The molecule has 1 heterocycles. The Morgan fingerprint density at radius 2 is 1.58 bits per heavy atom. The van der Waals surface area contributed by atoms with Crippen molar-refractivity contribution in [3.63, 3.8) is 0 Å². The molecule has 0 saturated heterocycles. The summed E-state index contributed by atoms with van der Waals surface area (Å²) in [4.78, 5) is 12.4. The van der Waals surface area contributed by atoms with Gasteiger partial charge in [-0.25, -0.2) is 4.79 Å². The van der Waals surface area contributed by atoms with Crippen LogP contribution in [0.1, 0.15) is 10.5 Å². The molecule has 3 rings (SSSR count). The van der Waals surface area contributed by atoms with Crippen LogP contribution in [-0.2, 0) is 10.0 Å². The first-order valence-electron chi connectivity index (χ1n) is 6.81. The highest BCUT2D eigenvalue weighted by molar-refractivity contribution is 9.10. The van der Waals surface area contributed by atoms with Crippen molar-refractivity contribution in [2.75, 3.05) is 0 Å². The van der Waals surface area contributed by atoms with Crippen LogP contribution in [0.2, 0.25) is 0 Å². The minimum atomic E-state index is -4.01. The van der Waals surface area contributed by atoms with Crippen LogP contribution in [0.25, 0.3) is 0 Å². The largest absolute Gasteiger partial charge is 0.422 e. The van der Waals surface area contributed by atoms with E-state index in [4.69, 9.17) is 4.74 Å². The van der Waals surface area contributed by atoms with Crippen molar-refractivity contribution < 1.29 is 17.9 Å². The summed E-state index contributed by atoms with van der Waals surface area (Å²) in [5.74, 6) is -0.524. The quantitative estimate of drug-likeness (QED) is 0.491. The van der Waals surface area contributed by atoms with Crippen molar-refractivity contribution in [1.29, 1.82) is 0 Å². The fourth-order valence-corrected chi connectivity index (χ4v) is 3.83. The van der Waals surface area contributed by atoms with Gasteiger partial charge in [-0.15, -0.1) is 4.09 Å². The van der Waals surface area contributed by atoms with Gasteiger partial charge in [0, 0.05) is 0 Å². The van der Waals surface area contributed by atoms with E-state index in [2.05, 4.69) is 21.0 Å². The smallest absolute Gasteiger partial charge is 0.364 e. The topological polar surface area (TPSA) is 78.3 Å². The molecule has 0 unspecified atom stereocenters. The molecule has 122 valence electrons. The lowest BCUT2D eigenvalue weighted by Crippen LogP contribution is -2.22. The molecule has 0 spiro atoms. The summed E-state index contributed by atoms with van der Waals surface area (Å²) in [6, 6.07) is 16.1. The monoisotopic (exact) mass is 406 g/mol. The van der Waals surface area contributed by atoms with Gasteiger partial charge >= 0.3 is 5.97 Å². The molecule has 1 aromatic heterocycles. The molecule has 0 radical (unpaired) electrons. The minimum absolute atomic E-state index is 0.0226. The van der Waals surface area contributed by atoms with Crippen LogP contribution in [0, 0.1) is 0 Å². The molecule has 24 heavy (non-hydrogen) atoms. The normalized spacial score (nSPS) is 11.2. The van der Waals surface area contributed by atoms with Crippen molar-refractivity contribution in [2.24, 2.45) is 0 Å². The van der Waals surface area contributed by atoms with Crippen molar-refractivity contribution >= 4 is 31.9 Å². The summed E-state index contributed by atoms with van der Waals surface area (Å²) in [5.41, 5.74) is -0.206. The van der Waals surface area contributed by atoms with Gasteiger partial charge in [0.1, 0.15) is 5.75 Å². The Balaban J connectivity index is 2.02. The Morgan fingerprint density at radius 3 is 2.21 bits per heavy atom. The van der Waals surface area contributed by atoms with Crippen molar-refractivity contribution in [3.8, 4) is 5.75 Å². The number of hydrogen-bond acceptors (Lipinski definition) is 5. The van der Waals surface area contributed by atoms with Gasteiger partial charge in [0.2, 0.25) is 0 Å². The van der Waals surface area contributed by atoms with Crippen LogP contribution < -0.4 is 4.74 Å². The fourth-order valence-electron chi connectivity index (χ4n) is 2.01. The number of carbonyl (C=O) groups is 1. The predicted molar refractivity (Wildman–Crippen MR) is 90.4 cm³/mol. The maximum absolute atomic E-state index is 12.7. The first kappa shape index (κ1) is 16.4. The first-order valence-corrected chi connectivity index (χ1v) is 9.05. The lowest BCUT2D eigenvalue weighted by Gasteiger charge is -2.09. The molecule has 0 aliphatic rings. The third kappa shape index (κ3) is 3.10. The highest BCUT2D eigenvalue weighted by Gasteiger charge is 2.28. The molecule has 0 aliphatic carbocycles. The van der Waals surface area contributed by atoms with E-state index in [1.54, 1.807) is 48.5 Å². The summed E-state index contributed by atoms with van der Waals surface area (Å²) in [6.45, 7) is 0. The second-order valence-corrected chi connectivity index (χ2v) is 7.33. The van der Waals surface area contributed by atoms with Crippen molar-refractivity contribution in [1.82, 2.24) is 9.19 Å². The number of para-hydroxylation sites is 1. The van der Waals surface area contributed by atoms with Crippen LogP contribution in [0.4, 0.5) is 0 Å². The second-order valence-electron chi connectivity index (χ2n) is 4.70. The molecular weight excluding hydrogens is 396 g/mol. The van der Waals surface area contributed by atoms with E-state index >= 15 is 0 Å². The zero-order chi connectivity index (χ0) is 17.2. The number of halogens is 1. The van der Waals surface area contributed by atoms with Gasteiger partial charge in [0.15, 0.2) is 5.69 Å². The molecule has 2 aromatic carbocycles. The van der Waals surface area contributed by atoms with E-state index in [1.807, 2.05) is 0 Å². The average molecular weight is 407 g/mol. The maximum Gasteiger partial charge on any atom is 0.364 e. The average Bonchev–Trinajstić information content (AvgIpc) is 2.99. The fraction of sp³-hybridized carbons (Fsp3) is 0. The maximum atomic E-state index is 12.7. The summed E-state index contributed by atoms with van der Waals surface area (Å²) in [7, 11) is -4.01. The Labute approximate surface area is 146 Å². The molecule has 8 heteroatoms. The number of carbonyl (C=O) groups excluding carboxylic acids is 1. The van der Waals surface area contributed by atoms with Crippen LogP contribution in [0.5, 0.6) is 5.75 Å². The van der Waals surface area contributed by atoms with E-state index in [0.29, 0.717) is 9.84 Å².